The molecule has 2 aliphatic carbocycles. The van der Waals surface area contributed by atoms with Crippen molar-refractivity contribution in [2.45, 2.75) is 58.8 Å². The highest BCUT2D eigenvalue weighted by Crippen LogP contribution is 2.66. The van der Waals surface area contributed by atoms with Gasteiger partial charge in [0.1, 0.15) is 0 Å². The summed E-state index contributed by atoms with van der Waals surface area (Å²) in [5.41, 5.74) is 2.03. The predicted octanol–water partition coefficient (Wildman–Crippen LogP) is 3.40. The molecule has 3 aliphatic rings. The van der Waals surface area contributed by atoms with Gasteiger partial charge in [-0.3, -0.25) is 9.80 Å². The van der Waals surface area contributed by atoms with Gasteiger partial charge in [0.25, 0.3) is 0 Å². The molecule has 4 heteroatoms. The van der Waals surface area contributed by atoms with Crippen molar-refractivity contribution in [2.24, 2.45) is 16.7 Å². The molecule has 1 heterocycles. The molecule has 0 aromatic heterocycles. The van der Waals surface area contributed by atoms with Crippen LogP contribution in [0.25, 0.3) is 0 Å². The molecule has 2 saturated carbocycles. The maximum absolute atomic E-state index is 10.6. The Morgan fingerprint density at radius 1 is 1.07 bits per heavy atom. The molecule has 0 amide bonds. The van der Waals surface area contributed by atoms with Crippen LogP contribution >= 0.6 is 0 Å². The number of nitrogens with zero attached hydrogens (tertiary/aromatic N) is 2. The van der Waals surface area contributed by atoms with E-state index in [-0.39, 0.29) is 11.5 Å². The first-order valence-corrected chi connectivity index (χ1v) is 11.2. The van der Waals surface area contributed by atoms with Crippen LogP contribution in [0.4, 0.5) is 0 Å². The Morgan fingerprint density at radius 2 is 1.75 bits per heavy atom. The molecular formula is C24H38N2O2. The Labute approximate surface area is 170 Å². The van der Waals surface area contributed by atoms with Crippen LogP contribution < -0.4 is 0 Å². The van der Waals surface area contributed by atoms with Crippen LogP contribution in [0, 0.1) is 16.7 Å². The Bertz CT molecular complexity index is 641. The fraction of sp³-hybridized carbons (Fsp3) is 0.750. The van der Waals surface area contributed by atoms with Crippen LogP contribution in [-0.4, -0.2) is 66.4 Å². The van der Waals surface area contributed by atoms with E-state index >= 15 is 0 Å². The summed E-state index contributed by atoms with van der Waals surface area (Å²) in [5.74, 6) is 0.789. The standard InChI is InChI=1S/C24H38N2O2/c1-23(2)20-9-10-24(23,3)22(15-20)28-18-21(27)17-26-13-11-25(12-14-26)16-19-7-5-4-6-8-19/h4-8,20-22,27H,9-18H2,1-3H3/t20-,21-,22-,24-/m0/s1. The quantitative estimate of drug-likeness (QED) is 0.779. The third-order valence-corrected chi connectivity index (χ3v) is 8.39. The second-order valence-electron chi connectivity index (χ2n) is 10.1. The van der Waals surface area contributed by atoms with Gasteiger partial charge in [-0.1, -0.05) is 51.1 Å². The molecule has 3 fully saturated rings. The highest BCUT2D eigenvalue weighted by molar-refractivity contribution is 5.14. The van der Waals surface area contributed by atoms with Gasteiger partial charge in [-0.15, -0.1) is 0 Å². The van der Waals surface area contributed by atoms with Crippen LogP contribution in [0.3, 0.4) is 0 Å². The summed E-state index contributed by atoms with van der Waals surface area (Å²) < 4.78 is 6.29. The van der Waals surface area contributed by atoms with Gasteiger partial charge in [0.2, 0.25) is 0 Å². The van der Waals surface area contributed by atoms with Crippen molar-refractivity contribution in [1.29, 1.82) is 0 Å². The van der Waals surface area contributed by atoms with E-state index in [0.717, 1.165) is 45.2 Å². The second kappa shape index (κ2) is 8.06. The number of fused-ring (bicyclic) bond motifs is 2. The lowest BCUT2D eigenvalue weighted by molar-refractivity contribution is -0.0807. The van der Waals surface area contributed by atoms with Crippen molar-refractivity contribution in [3.63, 3.8) is 0 Å². The topological polar surface area (TPSA) is 35.9 Å². The number of rotatable bonds is 7. The van der Waals surface area contributed by atoms with E-state index < -0.39 is 0 Å². The van der Waals surface area contributed by atoms with Crippen molar-refractivity contribution < 1.29 is 9.84 Å². The number of benzene rings is 1. The van der Waals surface area contributed by atoms with Crippen LogP contribution in [0.5, 0.6) is 0 Å². The monoisotopic (exact) mass is 386 g/mol. The van der Waals surface area contributed by atoms with E-state index in [9.17, 15) is 5.11 Å². The number of β-amino-alcohol motifs (C(OH)–C–C–N with tert-alkyl or cyclic N) is 1. The molecule has 28 heavy (non-hydrogen) atoms. The van der Waals surface area contributed by atoms with E-state index in [1.54, 1.807) is 0 Å². The zero-order valence-corrected chi connectivity index (χ0v) is 17.9. The van der Waals surface area contributed by atoms with Crippen molar-refractivity contribution >= 4 is 0 Å². The van der Waals surface area contributed by atoms with Crippen molar-refractivity contribution in [1.82, 2.24) is 9.80 Å². The summed E-state index contributed by atoms with van der Waals surface area (Å²) >= 11 is 0. The van der Waals surface area contributed by atoms with Crippen LogP contribution in [0.1, 0.15) is 45.6 Å². The minimum Gasteiger partial charge on any atom is -0.389 e. The van der Waals surface area contributed by atoms with Crippen molar-refractivity contribution in [3.05, 3.63) is 35.9 Å². The van der Waals surface area contributed by atoms with E-state index in [1.165, 1.54) is 24.8 Å². The molecule has 4 atom stereocenters. The highest BCUT2D eigenvalue weighted by atomic mass is 16.5. The summed E-state index contributed by atoms with van der Waals surface area (Å²) in [6.45, 7) is 13.7. The molecule has 1 saturated heterocycles. The first-order chi connectivity index (χ1) is 13.4. The van der Waals surface area contributed by atoms with E-state index in [2.05, 4.69) is 60.9 Å². The molecule has 1 aromatic rings. The Morgan fingerprint density at radius 3 is 2.36 bits per heavy atom. The summed E-state index contributed by atoms with van der Waals surface area (Å²) in [4.78, 5) is 4.90. The van der Waals surface area contributed by atoms with Crippen LogP contribution in [-0.2, 0) is 11.3 Å². The van der Waals surface area contributed by atoms with Crippen molar-refractivity contribution in [3.8, 4) is 0 Å². The summed E-state index contributed by atoms with van der Waals surface area (Å²) in [6.07, 6.45) is 3.73. The first-order valence-electron chi connectivity index (χ1n) is 11.2. The number of hydrogen-bond donors (Lipinski definition) is 1. The van der Waals surface area contributed by atoms with E-state index in [4.69, 9.17) is 4.74 Å². The zero-order chi connectivity index (χ0) is 19.8. The highest BCUT2D eigenvalue weighted by Gasteiger charge is 2.61. The maximum atomic E-state index is 10.6. The van der Waals surface area contributed by atoms with Gasteiger partial charge in [-0.2, -0.15) is 0 Å². The Kier molecular flexibility index (Phi) is 5.85. The SMILES string of the molecule is CC1(C)[C@H]2CC[C@@]1(C)[C@@H](OC[C@@H](O)CN1CCN(Cc3ccccc3)CC1)C2. The normalized spacial score (nSPS) is 34.0. The largest absolute Gasteiger partial charge is 0.389 e. The number of aliphatic hydroxyl groups excluding tert-OH is 1. The van der Waals surface area contributed by atoms with Crippen LogP contribution in [0.15, 0.2) is 30.3 Å². The molecule has 1 aliphatic heterocycles. The van der Waals surface area contributed by atoms with Gasteiger partial charge in [0, 0.05) is 39.3 Å². The van der Waals surface area contributed by atoms with Gasteiger partial charge in [-0.25, -0.2) is 0 Å². The summed E-state index contributed by atoms with van der Waals surface area (Å²) in [6, 6.07) is 10.7. The van der Waals surface area contributed by atoms with Crippen LogP contribution in [0.2, 0.25) is 0 Å². The smallest absolute Gasteiger partial charge is 0.0900 e. The number of hydrogen-bond acceptors (Lipinski definition) is 4. The fourth-order valence-electron chi connectivity index (χ4n) is 5.93. The lowest BCUT2D eigenvalue weighted by atomic mass is 9.70. The number of piperazine rings is 1. The molecule has 156 valence electrons. The molecule has 0 spiro atoms. The predicted molar refractivity (Wildman–Crippen MR) is 113 cm³/mol. The lowest BCUT2D eigenvalue weighted by Crippen LogP contribution is -2.49. The van der Waals surface area contributed by atoms with Gasteiger partial charge in [0.15, 0.2) is 0 Å². The van der Waals surface area contributed by atoms with Crippen molar-refractivity contribution in [2.75, 3.05) is 39.3 Å². The van der Waals surface area contributed by atoms with Gasteiger partial charge in [-0.05, 0) is 41.6 Å². The minimum atomic E-state index is -0.383. The molecule has 0 radical (unpaired) electrons. The maximum Gasteiger partial charge on any atom is 0.0900 e. The second-order valence-corrected chi connectivity index (χ2v) is 10.1. The average Bonchev–Trinajstić information content (AvgIpc) is 3.02. The number of ether oxygens (including phenoxy) is 1. The fourth-order valence-corrected chi connectivity index (χ4v) is 5.93. The molecule has 2 bridgehead atoms. The minimum absolute atomic E-state index is 0.278. The van der Waals surface area contributed by atoms with E-state index in [1.807, 2.05) is 0 Å². The average molecular weight is 387 g/mol. The Balaban J connectivity index is 1.18. The summed E-state index contributed by atoms with van der Waals surface area (Å²) in [5, 5.41) is 10.6. The third kappa shape index (κ3) is 3.89. The lowest BCUT2D eigenvalue weighted by Gasteiger charge is -2.39. The molecule has 4 nitrogen and oxygen atoms in total. The van der Waals surface area contributed by atoms with Gasteiger partial charge >= 0.3 is 0 Å². The molecule has 1 N–H and O–H groups in total. The third-order valence-electron chi connectivity index (χ3n) is 8.39. The number of aliphatic hydroxyl groups is 1. The van der Waals surface area contributed by atoms with Gasteiger partial charge < -0.3 is 9.84 Å². The molecule has 0 unspecified atom stereocenters. The Hall–Kier alpha value is -0.940. The van der Waals surface area contributed by atoms with Gasteiger partial charge in [0.05, 0.1) is 18.8 Å². The summed E-state index contributed by atoms with van der Waals surface area (Å²) in [7, 11) is 0. The first kappa shape index (κ1) is 20.3. The zero-order valence-electron chi connectivity index (χ0n) is 17.9. The molecule has 1 aromatic carbocycles. The van der Waals surface area contributed by atoms with E-state index in [0.29, 0.717) is 18.1 Å². The molecule has 4 rings (SSSR count). The molecular weight excluding hydrogens is 348 g/mol.